The molecule has 4 nitrogen and oxygen atoms in total. The Labute approximate surface area is 117 Å². The third-order valence-corrected chi connectivity index (χ3v) is 3.42. The molecule has 0 atom stereocenters. The molecular formula is C11H12Br2N4. The van der Waals surface area contributed by atoms with Gasteiger partial charge in [-0.1, -0.05) is 0 Å². The van der Waals surface area contributed by atoms with Crippen LogP contribution in [0.2, 0.25) is 0 Å². The highest BCUT2D eigenvalue weighted by molar-refractivity contribution is 9.11. The van der Waals surface area contributed by atoms with Gasteiger partial charge >= 0.3 is 0 Å². The maximum absolute atomic E-state index is 4.34. The van der Waals surface area contributed by atoms with Crippen molar-refractivity contribution >= 4 is 37.5 Å². The normalized spacial score (nSPS) is 10.5. The number of hydrogen-bond acceptors (Lipinski definition) is 3. The topological polar surface area (TPSA) is 42.7 Å². The van der Waals surface area contributed by atoms with Gasteiger partial charge in [0.15, 0.2) is 0 Å². The van der Waals surface area contributed by atoms with E-state index in [1.54, 1.807) is 6.20 Å². The zero-order chi connectivity index (χ0) is 12.3. The van der Waals surface area contributed by atoms with Crippen molar-refractivity contribution in [1.29, 1.82) is 0 Å². The molecule has 2 aromatic heterocycles. The summed E-state index contributed by atoms with van der Waals surface area (Å²) < 4.78 is 3.83. The Kier molecular flexibility index (Phi) is 4.17. The first-order valence-electron chi connectivity index (χ1n) is 5.25. The van der Waals surface area contributed by atoms with Gasteiger partial charge in [-0.15, -0.1) is 0 Å². The SMILES string of the molecule is CCn1cc(NCc2ncc(Br)cc2Br)cn1. The molecule has 0 aliphatic rings. The van der Waals surface area contributed by atoms with Crippen LogP contribution < -0.4 is 5.32 Å². The van der Waals surface area contributed by atoms with Gasteiger partial charge in [-0.05, 0) is 44.8 Å². The Morgan fingerprint density at radius 1 is 1.35 bits per heavy atom. The van der Waals surface area contributed by atoms with Crippen molar-refractivity contribution in [2.45, 2.75) is 20.0 Å². The summed E-state index contributed by atoms with van der Waals surface area (Å²) in [5, 5.41) is 7.48. The minimum atomic E-state index is 0.670. The van der Waals surface area contributed by atoms with E-state index >= 15 is 0 Å². The smallest absolute Gasteiger partial charge is 0.0737 e. The van der Waals surface area contributed by atoms with Gasteiger partial charge in [0.2, 0.25) is 0 Å². The first kappa shape index (κ1) is 12.6. The molecule has 6 heteroatoms. The fourth-order valence-electron chi connectivity index (χ4n) is 1.39. The second-order valence-corrected chi connectivity index (χ2v) is 5.29. The third kappa shape index (κ3) is 3.29. The summed E-state index contributed by atoms with van der Waals surface area (Å²) in [6.07, 6.45) is 5.58. The Hall–Kier alpha value is -0.880. The van der Waals surface area contributed by atoms with Crippen molar-refractivity contribution in [2.24, 2.45) is 0 Å². The Bertz CT molecular complexity index is 510. The molecule has 2 aromatic rings. The second kappa shape index (κ2) is 5.64. The molecule has 2 heterocycles. The molecule has 0 amide bonds. The standard InChI is InChI=1S/C11H12Br2N4/c1-2-17-7-9(5-16-17)14-6-11-10(13)3-8(12)4-15-11/h3-5,7,14H,2,6H2,1H3. The van der Waals surface area contributed by atoms with Gasteiger partial charge in [-0.2, -0.15) is 5.10 Å². The molecule has 0 aliphatic heterocycles. The number of nitrogens with zero attached hydrogens (tertiary/aromatic N) is 3. The van der Waals surface area contributed by atoms with E-state index in [4.69, 9.17) is 0 Å². The second-order valence-electron chi connectivity index (χ2n) is 3.52. The van der Waals surface area contributed by atoms with Crippen LogP contribution in [-0.4, -0.2) is 14.8 Å². The molecule has 0 spiro atoms. The average molecular weight is 360 g/mol. The molecule has 1 N–H and O–H groups in total. The van der Waals surface area contributed by atoms with Crippen LogP contribution in [0.1, 0.15) is 12.6 Å². The van der Waals surface area contributed by atoms with Crippen LogP contribution in [0.4, 0.5) is 5.69 Å². The molecule has 0 aliphatic carbocycles. The van der Waals surface area contributed by atoms with Crippen molar-refractivity contribution in [3.8, 4) is 0 Å². The van der Waals surface area contributed by atoms with Crippen LogP contribution >= 0.6 is 31.9 Å². The Morgan fingerprint density at radius 3 is 2.82 bits per heavy atom. The highest BCUT2D eigenvalue weighted by atomic mass is 79.9. The molecule has 0 saturated carbocycles. The van der Waals surface area contributed by atoms with E-state index in [1.807, 2.05) is 23.1 Å². The van der Waals surface area contributed by atoms with E-state index in [9.17, 15) is 0 Å². The van der Waals surface area contributed by atoms with Crippen molar-refractivity contribution < 1.29 is 0 Å². The minimum absolute atomic E-state index is 0.670. The highest BCUT2D eigenvalue weighted by Gasteiger charge is 2.03. The maximum Gasteiger partial charge on any atom is 0.0737 e. The van der Waals surface area contributed by atoms with Crippen LogP contribution in [-0.2, 0) is 13.1 Å². The fourth-order valence-corrected chi connectivity index (χ4v) is 2.51. The molecule has 0 radical (unpaired) electrons. The lowest BCUT2D eigenvalue weighted by atomic mass is 10.3. The van der Waals surface area contributed by atoms with Crippen molar-refractivity contribution in [3.63, 3.8) is 0 Å². The monoisotopic (exact) mass is 358 g/mol. The molecular weight excluding hydrogens is 348 g/mol. The number of aromatic nitrogens is 3. The molecule has 0 aromatic carbocycles. The Balaban J connectivity index is 2.02. The van der Waals surface area contributed by atoms with Crippen LogP contribution in [0, 0.1) is 0 Å². The molecule has 2 rings (SSSR count). The molecule has 17 heavy (non-hydrogen) atoms. The van der Waals surface area contributed by atoms with E-state index in [0.29, 0.717) is 6.54 Å². The summed E-state index contributed by atoms with van der Waals surface area (Å²) in [5.41, 5.74) is 1.97. The number of pyridine rings is 1. The predicted octanol–water partition coefficient (Wildman–Crippen LogP) is 3.44. The van der Waals surface area contributed by atoms with Crippen molar-refractivity contribution in [3.05, 3.63) is 39.3 Å². The van der Waals surface area contributed by atoms with Crippen LogP contribution in [0.15, 0.2) is 33.6 Å². The van der Waals surface area contributed by atoms with Gasteiger partial charge in [0.05, 0.1) is 24.1 Å². The van der Waals surface area contributed by atoms with E-state index < -0.39 is 0 Å². The van der Waals surface area contributed by atoms with Gasteiger partial charge in [0.25, 0.3) is 0 Å². The average Bonchev–Trinajstić information content (AvgIpc) is 2.76. The number of anilines is 1. The lowest BCUT2D eigenvalue weighted by Crippen LogP contribution is -2.02. The van der Waals surface area contributed by atoms with Crippen LogP contribution in [0.25, 0.3) is 0 Å². The van der Waals surface area contributed by atoms with E-state index in [0.717, 1.165) is 26.9 Å². The zero-order valence-electron chi connectivity index (χ0n) is 9.32. The van der Waals surface area contributed by atoms with Gasteiger partial charge in [-0.25, -0.2) is 0 Å². The van der Waals surface area contributed by atoms with Gasteiger partial charge in [-0.3, -0.25) is 9.67 Å². The Morgan fingerprint density at radius 2 is 2.18 bits per heavy atom. The van der Waals surface area contributed by atoms with E-state index in [2.05, 4.69) is 54.2 Å². The first-order valence-corrected chi connectivity index (χ1v) is 6.84. The lowest BCUT2D eigenvalue weighted by Gasteiger charge is -2.05. The molecule has 0 bridgehead atoms. The van der Waals surface area contributed by atoms with Gasteiger partial charge < -0.3 is 5.32 Å². The minimum Gasteiger partial charge on any atom is -0.377 e. The van der Waals surface area contributed by atoms with Crippen LogP contribution in [0.3, 0.4) is 0 Å². The molecule has 0 saturated heterocycles. The highest BCUT2D eigenvalue weighted by Crippen LogP contribution is 2.20. The summed E-state index contributed by atoms with van der Waals surface area (Å²) in [5.74, 6) is 0. The number of halogens is 2. The molecule has 90 valence electrons. The summed E-state index contributed by atoms with van der Waals surface area (Å²) in [6.45, 7) is 3.61. The lowest BCUT2D eigenvalue weighted by molar-refractivity contribution is 0.660. The van der Waals surface area contributed by atoms with Gasteiger partial charge in [0.1, 0.15) is 0 Å². The summed E-state index contributed by atoms with van der Waals surface area (Å²) in [4.78, 5) is 4.34. The summed E-state index contributed by atoms with van der Waals surface area (Å²) in [7, 11) is 0. The summed E-state index contributed by atoms with van der Waals surface area (Å²) in [6, 6.07) is 1.99. The predicted molar refractivity (Wildman–Crippen MR) is 74.9 cm³/mol. The number of nitrogens with one attached hydrogen (secondary N) is 1. The molecule has 0 unspecified atom stereocenters. The van der Waals surface area contributed by atoms with Crippen LogP contribution in [0.5, 0.6) is 0 Å². The third-order valence-electron chi connectivity index (χ3n) is 2.30. The zero-order valence-corrected chi connectivity index (χ0v) is 12.5. The molecule has 0 fully saturated rings. The van der Waals surface area contributed by atoms with Crippen molar-refractivity contribution in [2.75, 3.05) is 5.32 Å². The first-order chi connectivity index (χ1) is 8.19. The van der Waals surface area contributed by atoms with E-state index in [1.165, 1.54) is 0 Å². The quantitative estimate of drug-likeness (QED) is 0.909. The number of aryl methyl sites for hydroxylation is 1. The maximum atomic E-state index is 4.34. The largest absolute Gasteiger partial charge is 0.377 e. The number of rotatable bonds is 4. The fraction of sp³-hybridized carbons (Fsp3) is 0.273. The van der Waals surface area contributed by atoms with E-state index in [-0.39, 0.29) is 0 Å². The van der Waals surface area contributed by atoms with Crippen molar-refractivity contribution in [1.82, 2.24) is 14.8 Å². The summed E-state index contributed by atoms with van der Waals surface area (Å²) >= 11 is 6.86. The van der Waals surface area contributed by atoms with Gasteiger partial charge in [0, 0.05) is 27.9 Å². The number of hydrogen-bond donors (Lipinski definition) is 1.